The van der Waals surface area contributed by atoms with Gasteiger partial charge in [0.1, 0.15) is 5.01 Å². The van der Waals surface area contributed by atoms with Crippen LogP contribution in [0.3, 0.4) is 0 Å². The number of benzene rings is 1. The summed E-state index contributed by atoms with van der Waals surface area (Å²) in [5.41, 5.74) is 1.10. The summed E-state index contributed by atoms with van der Waals surface area (Å²) in [6.45, 7) is 0. The number of rotatable bonds is 2. The number of aromatic nitrogens is 1. The van der Waals surface area contributed by atoms with Crippen LogP contribution < -0.4 is 0 Å². The van der Waals surface area contributed by atoms with E-state index in [1.165, 1.54) is 9.75 Å². The number of hydrogen-bond donors (Lipinski definition) is 0. The van der Waals surface area contributed by atoms with Gasteiger partial charge in [0.25, 0.3) is 0 Å². The monoisotopic (exact) mass is 355 g/mol. The summed E-state index contributed by atoms with van der Waals surface area (Å²) in [6, 6.07) is 11.9. The molecule has 90 valence electrons. The number of halogens is 2. The highest BCUT2D eigenvalue weighted by Gasteiger charge is 2.08. The highest BCUT2D eigenvalue weighted by atomic mass is 79.9. The maximum atomic E-state index is 5.88. The van der Waals surface area contributed by atoms with Crippen LogP contribution in [0.2, 0.25) is 5.02 Å². The second kappa shape index (κ2) is 5.13. The maximum absolute atomic E-state index is 5.88. The first-order valence-corrected chi connectivity index (χ1v) is 8.00. The molecule has 0 aliphatic rings. The van der Waals surface area contributed by atoms with E-state index in [-0.39, 0.29) is 0 Å². The molecule has 0 aliphatic carbocycles. The number of thiophene rings is 1. The molecule has 3 aromatic rings. The van der Waals surface area contributed by atoms with Gasteiger partial charge in [0.15, 0.2) is 0 Å². The van der Waals surface area contributed by atoms with Crippen LogP contribution >= 0.6 is 50.2 Å². The molecule has 2 heterocycles. The van der Waals surface area contributed by atoms with E-state index in [0.29, 0.717) is 0 Å². The molecule has 0 saturated carbocycles. The SMILES string of the molecule is Clc1ccc(-c2ncc(-c3ccc(Br)s3)s2)cc1. The Kier molecular flexibility index (Phi) is 3.52. The zero-order valence-corrected chi connectivity index (χ0v) is 13.0. The summed E-state index contributed by atoms with van der Waals surface area (Å²) in [5.74, 6) is 0. The number of hydrogen-bond acceptors (Lipinski definition) is 3. The Morgan fingerprint density at radius 3 is 2.39 bits per heavy atom. The van der Waals surface area contributed by atoms with Crippen molar-refractivity contribution in [2.45, 2.75) is 0 Å². The molecular formula is C13H7BrClNS2. The molecule has 0 bridgehead atoms. The Hall–Kier alpha value is -0.680. The van der Waals surface area contributed by atoms with E-state index in [1.54, 1.807) is 22.7 Å². The van der Waals surface area contributed by atoms with Gasteiger partial charge in [-0.3, -0.25) is 0 Å². The summed E-state index contributed by atoms with van der Waals surface area (Å²) in [5, 5.41) is 1.77. The lowest BCUT2D eigenvalue weighted by molar-refractivity contribution is 1.42. The first-order valence-electron chi connectivity index (χ1n) is 5.20. The molecule has 5 heteroatoms. The molecule has 0 spiro atoms. The smallest absolute Gasteiger partial charge is 0.123 e. The van der Waals surface area contributed by atoms with Crippen molar-refractivity contribution in [2.75, 3.05) is 0 Å². The Balaban J connectivity index is 1.96. The van der Waals surface area contributed by atoms with Gasteiger partial charge in [-0.1, -0.05) is 23.7 Å². The predicted octanol–water partition coefficient (Wildman–Crippen LogP) is 5.95. The van der Waals surface area contributed by atoms with Gasteiger partial charge in [-0.2, -0.15) is 0 Å². The molecule has 0 amide bonds. The van der Waals surface area contributed by atoms with E-state index in [9.17, 15) is 0 Å². The lowest BCUT2D eigenvalue weighted by atomic mass is 10.2. The van der Waals surface area contributed by atoms with Gasteiger partial charge in [0.05, 0.1) is 8.66 Å². The summed E-state index contributed by atoms with van der Waals surface area (Å²) < 4.78 is 1.14. The van der Waals surface area contributed by atoms with Crippen molar-refractivity contribution in [3.8, 4) is 20.3 Å². The number of thiazole rings is 1. The van der Waals surface area contributed by atoms with Gasteiger partial charge in [-0.05, 0) is 40.2 Å². The Labute approximate surface area is 126 Å². The van der Waals surface area contributed by atoms with E-state index < -0.39 is 0 Å². The third-order valence-corrected chi connectivity index (χ3v) is 5.53. The molecule has 1 aromatic carbocycles. The summed E-state index contributed by atoms with van der Waals surface area (Å²) in [6.07, 6.45) is 1.92. The molecule has 0 atom stereocenters. The van der Waals surface area contributed by atoms with Crippen molar-refractivity contribution in [1.82, 2.24) is 4.98 Å². The van der Waals surface area contributed by atoms with E-state index in [2.05, 4.69) is 33.0 Å². The average Bonchev–Trinajstić information content (AvgIpc) is 2.98. The molecule has 18 heavy (non-hydrogen) atoms. The van der Waals surface area contributed by atoms with Crippen LogP contribution in [0.5, 0.6) is 0 Å². The topological polar surface area (TPSA) is 12.9 Å². The molecule has 0 radical (unpaired) electrons. The van der Waals surface area contributed by atoms with E-state index in [0.717, 1.165) is 19.4 Å². The minimum atomic E-state index is 0.748. The zero-order valence-electron chi connectivity index (χ0n) is 9.06. The Bertz CT molecular complexity index is 672. The van der Waals surface area contributed by atoms with E-state index in [1.807, 2.05) is 30.5 Å². The summed E-state index contributed by atoms with van der Waals surface area (Å²) >= 11 is 12.8. The van der Waals surface area contributed by atoms with Gasteiger partial charge in [0.2, 0.25) is 0 Å². The summed E-state index contributed by atoms with van der Waals surface area (Å²) in [7, 11) is 0. The van der Waals surface area contributed by atoms with Crippen molar-refractivity contribution in [1.29, 1.82) is 0 Å². The second-order valence-electron chi connectivity index (χ2n) is 3.64. The molecule has 3 rings (SSSR count). The molecule has 0 N–H and O–H groups in total. The Morgan fingerprint density at radius 2 is 1.72 bits per heavy atom. The predicted molar refractivity (Wildman–Crippen MR) is 83.6 cm³/mol. The van der Waals surface area contributed by atoms with Gasteiger partial charge >= 0.3 is 0 Å². The lowest BCUT2D eigenvalue weighted by Gasteiger charge is -1.95. The molecule has 0 saturated heterocycles. The highest BCUT2D eigenvalue weighted by molar-refractivity contribution is 9.11. The van der Waals surface area contributed by atoms with Crippen LogP contribution in [0, 0.1) is 0 Å². The van der Waals surface area contributed by atoms with Crippen LogP contribution in [0.25, 0.3) is 20.3 Å². The average molecular weight is 357 g/mol. The lowest BCUT2D eigenvalue weighted by Crippen LogP contribution is -1.73. The fourth-order valence-corrected chi connectivity index (χ4v) is 4.07. The fourth-order valence-electron chi connectivity index (χ4n) is 1.56. The molecule has 1 nitrogen and oxygen atoms in total. The Morgan fingerprint density at radius 1 is 0.944 bits per heavy atom. The van der Waals surface area contributed by atoms with Gasteiger partial charge < -0.3 is 0 Å². The van der Waals surface area contributed by atoms with Crippen molar-refractivity contribution < 1.29 is 0 Å². The van der Waals surface area contributed by atoms with Crippen molar-refractivity contribution in [3.05, 3.63) is 51.4 Å². The van der Waals surface area contributed by atoms with Crippen molar-refractivity contribution in [2.24, 2.45) is 0 Å². The molecule has 2 aromatic heterocycles. The molecule has 0 fully saturated rings. The second-order valence-corrected chi connectivity index (χ2v) is 7.57. The first-order chi connectivity index (χ1) is 8.72. The van der Waals surface area contributed by atoms with E-state index in [4.69, 9.17) is 11.6 Å². The largest absolute Gasteiger partial charge is 0.244 e. The summed E-state index contributed by atoms with van der Waals surface area (Å²) in [4.78, 5) is 6.89. The third kappa shape index (κ3) is 2.52. The van der Waals surface area contributed by atoms with E-state index >= 15 is 0 Å². The van der Waals surface area contributed by atoms with Crippen LogP contribution in [-0.4, -0.2) is 4.98 Å². The number of nitrogens with zero attached hydrogens (tertiary/aromatic N) is 1. The maximum Gasteiger partial charge on any atom is 0.123 e. The van der Waals surface area contributed by atoms with Gasteiger partial charge in [0, 0.05) is 21.7 Å². The van der Waals surface area contributed by atoms with Crippen LogP contribution in [0.1, 0.15) is 0 Å². The quantitative estimate of drug-likeness (QED) is 0.552. The molecule has 0 unspecified atom stereocenters. The normalized spacial score (nSPS) is 10.8. The minimum Gasteiger partial charge on any atom is -0.244 e. The zero-order chi connectivity index (χ0) is 12.5. The van der Waals surface area contributed by atoms with Gasteiger partial charge in [-0.25, -0.2) is 4.98 Å². The third-order valence-electron chi connectivity index (χ3n) is 2.41. The van der Waals surface area contributed by atoms with Crippen LogP contribution in [-0.2, 0) is 0 Å². The minimum absolute atomic E-state index is 0.748. The highest BCUT2D eigenvalue weighted by Crippen LogP contribution is 2.37. The van der Waals surface area contributed by atoms with Crippen molar-refractivity contribution in [3.63, 3.8) is 0 Å². The standard InChI is InChI=1S/C13H7BrClNS2/c14-12-6-5-10(17-12)11-7-16-13(18-11)8-1-3-9(15)4-2-8/h1-7H. The molecule has 0 aliphatic heterocycles. The van der Waals surface area contributed by atoms with Crippen LogP contribution in [0.4, 0.5) is 0 Å². The van der Waals surface area contributed by atoms with Gasteiger partial charge in [-0.15, -0.1) is 22.7 Å². The molecular weight excluding hydrogens is 350 g/mol. The van der Waals surface area contributed by atoms with Crippen molar-refractivity contribution >= 4 is 50.2 Å². The van der Waals surface area contributed by atoms with Crippen LogP contribution in [0.15, 0.2) is 46.4 Å². The fraction of sp³-hybridized carbons (Fsp3) is 0. The first kappa shape index (κ1) is 12.4.